The summed E-state index contributed by atoms with van der Waals surface area (Å²) in [6.07, 6.45) is 11.7. The third kappa shape index (κ3) is 3.71. The van der Waals surface area contributed by atoms with Gasteiger partial charge < -0.3 is 10.4 Å². The van der Waals surface area contributed by atoms with Crippen molar-refractivity contribution < 1.29 is 9.90 Å². The number of carbonyl (C=O) groups excluding carboxylic acids is 1. The molecule has 0 spiro atoms. The summed E-state index contributed by atoms with van der Waals surface area (Å²) in [5.74, 6) is 0.773. The van der Waals surface area contributed by atoms with Crippen LogP contribution in [-0.4, -0.2) is 23.7 Å². The molecular weight excluding hydrogens is 226 g/mol. The van der Waals surface area contributed by atoms with Crippen LogP contribution in [0.4, 0.5) is 0 Å². The Morgan fingerprint density at radius 1 is 0.944 bits per heavy atom. The molecule has 2 aliphatic rings. The first-order chi connectivity index (χ1) is 8.81. The second-order valence-electron chi connectivity index (χ2n) is 6.03. The average Bonchev–Trinajstić information content (AvgIpc) is 2.75. The van der Waals surface area contributed by atoms with Gasteiger partial charge in [0.1, 0.15) is 0 Å². The summed E-state index contributed by atoms with van der Waals surface area (Å²) in [5, 5.41) is 12.5. The van der Waals surface area contributed by atoms with E-state index < -0.39 is 0 Å². The molecule has 2 rings (SSSR count). The lowest BCUT2D eigenvalue weighted by molar-refractivity contribution is -0.126. The lowest BCUT2D eigenvalue weighted by Gasteiger charge is -2.24. The molecular formula is C15H27NO2. The highest BCUT2D eigenvalue weighted by Gasteiger charge is 2.30. The van der Waals surface area contributed by atoms with Crippen molar-refractivity contribution in [3.63, 3.8) is 0 Å². The minimum atomic E-state index is 0.218. The minimum absolute atomic E-state index is 0.218. The fraction of sp³-hybridized carbons (Fsp3) is 0.933. The van der Waals surface area contributed by atoms with Crippen molar-refractivity contribution in [2.45, 2.75) is 70.3 Å². The average molecular weight is 253 g/mol. The van der Waals surface area contributed by atoms with Gasteiger partial charge in [-0.3, -0.25) is 4.79 Å². The van der Waals surface area contributed by atoms with Gasteiger partial charge in [-0.2, -0.15) is 0 Å². The molecule has 0 bridgehead atoms. The summed E-state index contributed by atoms with van der Waals surface area (Å²) in [6, 6.07) is 0.230. The Bertz CT molecular complexity index is 259. The zero-order valence-corrected chi connectivity index (χ0v) is 11.4. The van der Waals surface area contributed by atoms with E-state index in [-0.39, 0.29) is 24.5 Å². The molecule has 0 saturated heterocycles. The highest BCUT2D eigenvalue weighted by atomic mass is 16.3. The number of aliphatic hydroxyl groups is 1. The molecule has 3 heteroatoms. The van der Waals surface area contributed by atoms with Crippen molar-refractivity contribution in [3.05, 3.63) is 0 Å². The SMILES string of the molecule is O=C(NC1CCCC1CO)C1CCCCCCC1. The normalized spacial score (nSPS) is 30.7. The maximum Gasteiger partial charge on any atom is 0.223 e. The summed E-state index contributed by atoms with van der Waals surface area (Å²) in [6.45, 7) is 0.218. The molecule has 0 aromatic rings. The van der Waals surface area contributed by atoms with Gasteiger partial charge >= 0.3 is 0 Å². The van der Waals surface area contributed by atoms with E-state index in [0.717, 1.165) is 32.1 Å². The molecule has 0 aromatic carbocycles. The second kappa shape index (κ2) is 7.13. The van der Waals surface area contributed by atoms with Crippen LogP contribution >= 0.6 is 0 Å². The molecule has 3 nitrogen and oxygen atoms in total. The molecule has 2 saturated carbocycles. The smallest absolute Gasteiger partial charge is 0.223 e. The topological polar surface area (TPSA) is 49.3 Å². The van der Waals surface area contributed by atoms with E-state index in [9.17, 15) is 9.90 Å². The molecule has 0 aliphatic heterocycles. The van der Waals surface area contributed by atoms with Crippen molar-refractivity contribution in [1.29, 1.82) is 0 Å². The summed E-state index contributed by atoms with van der Waals surface area (Å²) in [7, 11) is 0. The van der Waals surface area contributed by atoms with E-state index in [4.69, 9.17) is 0 Å². The Morgan fingerprint density at radius 2 is 1.61 bits per heavy atom. The van der Waals surface area contributed by atoms with Crippen LogP contribution in [0.2, 0.25) is 0 Å². The van der Waals surface area contributed by atoms with Crippen LogP contribution in [0.5, 0.6) is 0 Å². The number of aliphatic hydroxyl groups excluding tert-OH is 1. The van der Waals surface area contributed by atoms with E-state index in [2.05, 4.69) is 5.32 Å². The van der Waals surface area contributed by atoms with Gasteiger partial charge in [-0.1, -0.05) is 38.5 Å². The van der Waals surface area contributed by atoms with E-state index in [1.807, 2.05) is 0 Å². The Balaban J connectivity index is 1.82. The second-order valence-corrected chi connectivity index (χ2v) is 6.03. The Kier molecular flexibility index (Phi) is 5.48. The van der Waals surface area contributed by atoms with Gasteiger partial charge in [-0.25, -0.2) is 0 Å². The fourth-order valence-electron chi connectivity index (χ4n) is 3.46. The van der Waals surface area contributed by atoms with Crippen LogP contribution < -0.4 is 5.32 Å². The summed E-state index contributed by atoms with van der Waals surface area (Å²) < 4.78 is 0. The van der Waals surface area contributed by atoms with Crippen molar-refractivity contribution in [1.82, 2.24) is 5.32 Å². The first-order valence-corrected chi connectivity index (χ1v) is 7.72. The molecule has 2 atom stereocenters. The van der Waals surface area contributed by atoms with Gasteiger partial charge in [0.25, 0.3) is 0 Å². The van der Waals surface area contributed by atoms with Gasteiger partial charge in [-0.15, -0.1) is 0 Å². The van der Waals surface area contributed by atoms with E-state index >= 15 is 0 Å². The largest absolute Gasteiger partial charge is 0.396 e. The van der Waals surface area contributed by atoms with Crippen LogP contribution in [0.25, 0.3) is 0 Å². The number of rotatable bonds is 3. The van der Waals surface area contributed by atoms with Gasteiger partial charge in [0.05, 0.1) is 0 Å². The molecule has 2 unspecified atom stereocenters. The molecule has 18 heavy (non-hydrogen) atoms. The van der Waals surface area contributed by atoms with Crippen LogP contribution in [0, 0.1) is 11.8 Å². The molecule has 104 valence electrons. The lowest BCUT2D eigenvalue weighted by Crippen LogP contribution is -2.42. The fourth-order valence-corrected chi connectivity index (χ4v) is 3.46. The molecule has 2 N–H and O–H groups in total. The van der Waals surface area contributed by atoms with Gasteiger partial charge in [0, 0.05) is 24.5 Å². The van der Waals surface area contributed by atoms with Gasteiger partial charge in [0.2, 0.25) is 5.91 Å². The predicted octanol–water partition coefficient (Wildman–Crippen LogP) is 2.62. The Labute approximate surface area is 110 Å². The highest BCUT2D eigenvalue weighted by molar-refractivity contribution is 5.79. The summed E-state index contributed by atoms with van der Waals surface area (Å²) in [4.78, 5) is 12.3. The Hall–Kier alpha value is -0.570. The number of carbonyl (C=O) groups is 1. The van der Waals surface area contributed by atoms with Gasteiger partial charge in [-0.05, 0) is 25.7 Å². The van der Waals surface area contributed by atoms with Crippen LogP contribution in [0.3, 0.4) is 0 Å². The Morgan fingerprint density at radius 3 is 2.28 bits per heavy atom. The number of amides is 1. The predicted molar refractivity (Wildman–Crippen MR) is 72.2 cm³/mol. The quantitative estimate of drug-likeness (QED) is 0.812. The van der Waals surface area contributed by atoms with Crippen LogP contribution in [-0.2, 0) is 4.79 Å². The zero-order valence-electron chi connectivity index (χ0n) is 11.4. The molecule has 2 aliphatic carbocycles. The lowest BCUT2D eigenvalue weighted by atomic mass is 9.90. The van der Waals surface area contributed by atoms with Crippen molar-refractivity contribution in [2.75, 3.05) is 6.61 Å². The maximum atomic E-state index is 12.3. The third-order valence-corrected chi connectivity index (χ3v) is 4.70. The molecule has 0 heterocycles. The van der Waals surface area contributed by atoms with Crippen molar-refractivity contribution in [2.24, 2.45) is 11.8 Å². The maximum absolute atomic E-state index is 12.3. The molecule has 0 radical (unpaired) electrons. The minimum Gasteiger partial charge on any atom is -0.396 e. The first kappa shape index (κ1) is 13.9. The van der Waals surface area contributed by atoms with E-state index in [1.54, 1.807) is 0 Å². The standard InChI is InChI=1S/C15H27NO2/c17-11-13-9-6-10-14(13)16-15(18)12-7-4-2-1-3-5-8-12/h12-14,17H,1-11H2,(H,16,18). The monoisotopic (exact) mass is 253 g/mol. The zero-order chi connectivity index (χ0) is 12.8. The van der Waals surface area contributed by atoms with Crippen LogP contribution in [0.1, 0.15) is 64.2 Å². The van der Waals surface area contributed by atoms with E-state index in [0.29, 0.717) is 5.92 Å². The summed E-state index contributed by atoms with van der Waals surface area (Å²) in [5.41, 5.74) is 0. The highest BCUT2D eigenvalue weighted by Crippen LogP contribution is 2.27. The van der Waals surface area contributed by atoms with E-state index in [1.165, 1.54) is 32.1 Å². The number of nitrogens with one attached hydrogen (secondary N) is 1. The first-order valence-electron chi connectivity index (χ1n) is 7.72. The van der Waals surface area contributed by atoms with Crippen molar-refractivity contribution in [3.8, 4) is 0 Å². The van der Waals surface area contributed by atoms with Gasteiger partial charge in [0.15, 0.2) is 0 Å². The van der Waals surface area contributed by atoms with Crippen LogP contribution in [0.15, 0.2) is 0 Å². The molecule has 1 amide bonds. The third-order valence-electron chi connectivity index (χ3n) is 4.70. The molecule has 2 fully saturated rings. The number of hydrogen-bond acceptors (Lipinski definition) is 2. The van der Waals surface area contributed by atoms with Crippen molar-refractivity contribution >= 4 is 5.91 Å². The number of hydrogen-bond donors (Lipinski definition) is 2. The summed E-state index contributed by atoms with van der Waals surface area (Å²) >= 11 is 0. The molecule has 0 aromatic heterocycles.